The molecule has 0 amide bonds. The Kier molecular flexibility index (Phi) is 4.22. The van der Waals surface area contributed by atoms with Crippen LogP contribution in [0.2, 0.25) is 0 Å². The summed E-state index contributed by atoms with van der Waals surface area (Å²) < 4.78 is 0. The van der Waals surface area contributed by atoms with E-state index in [1.54, 1.807) is 0 Å². The van der Waals surface area contributed by atoms with Gasteiger partial charge in [0.1, 0.15) is 0 Å². The monoisotopic (exact) mass is 231 g/mol. The van der Waals surface area contributed by atoms with Crippen LogP contribution < -0.4 is 5.32 Å². The third kappa shape index (κ3) is 3.10. The van der Waals surface area contributed by atoms with E-state index in [9.17, 15) is 0 Å². The minimum atomic E-state index is 0.903. The lowest BCUT2D eigenvalue weighted by atomic mass is 9.98. The molecule has 1 aliphatic carbocycles. The molecule has 1 aliphatic rings. The summed E-state index contributed by atoms with van der Waals surface area (Å²) in [4.78, 5) is 0. The van der Waals surface area contributed by atoms with Crippen molar-refractivity contribution in [1.82, 2.24) is 5.32 Å². The summed E-state index contributed by atoms with van der Waals surface area (Å²) in [6.45, 7) is 9.03. The highest BCUT2D eigenvalue weighted by atomic mass is 14.9. The van der Waals surface area contributed by atoms with Gasteiger partial charge in [-0.1, -0.05) is 38.0 Å². The Labute approximate surface area is 106 Å². The normalized spacial score (nSPS) is 24.2. The number of aryl methyl sites for hydroxylation is 1. The van der Waals surface area contributed by atoms with Crippen LogP contribution in [0.15, 0.2) is 18.2 Å². The summed E-state index contributed by atoms with van der Waals surface area (Å²) in [6, 6.07) is 6.60. The minimum absolute atomic E-state index is 0.903. The molecule has 0 heterocycles. The lowest BCUT2D eigenvalue weighted by Gasteiger charge is -2.17. The van der Waals surface area contributed by atoms with E-state index in [1.165, 1.54) is 42.5 Å². The van der Waals surface area contributed by atoms with E-state index < -0.39 is 0 Å². The van der Waals surface area contributed by atoms with E-state index in [1.807, 2.05) is 0 Å². The molecule has 1 aromatic rings. The number of rotatable bonds is 4. The van der Waals surface area contributed by atoms with Crippen LogP contribution in [-0.4, -0.2) is 6.54 Å². The van der Waals surface area contributed by atoms with Crippen molar-refractivity contribution in [2.45, 2.75) is 46.6 Å². The average molecular weight is 231 g/mol. The number of nitrogens with one attached hydrogen (secondary N) is 1. The summed E-state index contributed by atoms with van der Waals surface area (Å²) in [7, 11) is 0. The third-order valence-electron chi connectivity index (χ3n) is 4.48. The van der Waals surface area contributed by atoms with E-state index in [0.717, 1.165) is 18.4 Å². The van der Waals surface area contributed by atoms with Crippen LogP contribution in [0.1, 0.15) is 42.9 Å². The second-order valence-corrected chi connectivity index (χ2v) is 5.66. The van der Waals surface area contributed by atoms with Gasteiger partial charge in [0, 0.05) is 6.54 Å². The van der Waals surface area contributed by atoms with Crippen LogP contribution in [0.3, 0.4) is 0 Å². The fraction of sp³-hybridized carbons (Fsp3) is 0.625. The molecule has 1 nitrogen and oxygen atoms in total. The Morgan fingerprint density at radius 2 is 2.06 bits per heavy atom. The van der Waals surface area contributed by atoms with Crippen molar-refractivity contribution in [2.75, 3.05) is 6.54 Å². The van der Waals surface area contributed by atoms with Crippen LogP contribution in [0.5, 0.6) is 0 Å². The lowest BCUT2D eigenvalue weighted by molar-refractivity contribution is 0.392. The molecular formula is C16H25N. The summed E-state index contributed by atoms with van der Waals surface area (Å²) in [6.07, 6.45) is 4.27. The number of benzene rings is 1. The standard InChI is InChI=1S/C16H25N/c1-12-6-4-9-16(14(12)3)11-17-10-15-8-5-7-13(15)2/h4,6,9,13,15,17H,5,7-8,10-11H2,1-3H3. The van der Waals surface area contributed by atoms with E-state index in [2.05, 4.69) is 44.3 Å². The van der Waals surface area contributed by atoms with Crippen LogP contribution in [-0.2, 0) is 6.54 Å². The molecule has 0 radical (unpaired) electrons. The number of hydrogen-bond donors (Lipinski definition) is 1. The molecule has 1 N–H and O–H groups in total. The van der Waals surface area contributed by atoms with Crippen molar-refractivity contribution in [1.29, 1.82) is 0 Å². The molecule has 1 saturated carbocycles. The van der Waals surface area contributed by atoms with Gasteiger partial charge in [-0.2, -0.15) is 0 Å². The van der Waals surface area contributed by atoms with E-state index in [-0.39, 0.29) is 0 Å². The lowest BCUT2D eigenvalue weighted by Crippen LogP contribution is -2.24. The fourth-order valence-corrected chi connectivity index (χ4v) is 2.92. The zero-order valence-corrected chi connectivity index (χ0v) is 11.4. The second kappa shape index (κ2) is 5.68. The molecule has 94 valence electrons. The van der Waals surface area contributed by atoms with Gasteiger partial charge < -0.3 is 5.32 Å². The predicted octanol–water partition coefficient (Wildman–Crippen LogP) is 3.83. The van der Waals surface area contributed by atoms with E-state index in [0.29, 0.717) is 0 Å². The molecule has 0 spiro atoms. The average Bonchev–Trinajstić information content (AvgIpc) is 2.71. The zero-order valence-electron chi connectivity index (χ0n) is 11.4. The molecule has 0 bridgehead atoms. The molecular weight excluding hydrogens is 206 g/mol. The molecule has 2 unspecified atom stereocenters. The summed E-state index contributed by atoms with van der Waals surface area (Å²) in [5.41, 5.74) is 4.30. The van der Waals surface area contributed by atoms with Crippen molar-refractivity contribution in [3.8, 4) is 0 Å². The first kappa shape index (κ1) is 12.6. The Hall–Kier alpha value is -0.820. The Balaban J connectivity index is 1.84. The smallest absolute Gasteiger partial charge is 0.0208 e. The maximum absolute atomic E-state index is 3.64. The summed E-state index contributed by atoms with van der Waals surface area (Å²) >= 11 is 0. The van der Waals surface area contributed by atoms with Crippen LogP contribution in [0, 0.1) is 25.7 Å². The first-order valence-corrected chi connectivity index (χ1v) is 6.94. The quantitative estimate of drug-likeness (QED) is 0.830. The third-order valence-corrected chi connectivity index (χ3v) is 4.48. The Bertz CT molecular complexity index is 370. The summed E-state index contributed by atoms with van der Waals surface area (Å²) in [5, 5.41) is 3.64. The Morgan fingerprint density at radius 3 is 2.76 bits per heavy atom. The van der Waals surface area contributed by atoms with Crippen LogP contribution in [0.4, 0.5) is 0 Å². The van der Waals surface area contributed by atoms with Gasteiger partial charge >= 0.3 is 0 Å². The highest BCUT2D eigenvalue weighted by molar-refractivity contribution is 5.32. The molecule has 2 atom stereocenters. The highest BCUT2D eigenvalue weighted by Gasteiger charge is 2.22. The van der Waals surface area contributed by atoms with Gasteiger partial charge in [0.2, 0.25) is 0 Å². The molecule has 17 heavy (non-hydrogen) atoms. The zero-order chi connectivity index (χ0) is 12.3. The SMILES string of the molecule is Cc1cccc(CNCC2CCCC2C)c1C. The van der Waals surface area contributed by atoms with Gasteiger partial charge in [-0.15, -0.1) is 0 Å². The predicted molar refractivity (Wildman–Crippen MR) is 74.1 cm³/mol. The van der Waals surface area contributed by atoms with Gasteiger partial charge in [-0.05, 0) is 55.3 Å². The molecule has 1 heteroatoms. The van der Waals surface area contributed by atoms with Gasteiger partial charge in [0.15, 0.2) is 0 Å². The van der Waals surface area contributed by atoms with Gasteiger partial charge in [-0.3, -0.25) is 0 Å². The highest BCUT2D eigenvalue weighted by Crippen LogP contribution is 2.30. The second-order valence-electron chi connectivity index (χ2n) is 5.66. The summed E-state index contributed by atoms with van der Waals surface area (Å²) in [5.74, 6) is 1.82. The van der Waals surface area contributed by atoms with E-state index in [4.69, 9.17) is 0 Å². The van der Waals surface area contributed by atoms with Gasteiger partial charge in [0.05, 0.1) is 0 Å². The molecule has 1 fully saturated rings. The van der Waals surface area contributed by atoms with Crippen molar-refractivity contribution >= 4 is 0 Å². The first-order chi connectivity index (χ1) is 8.18. The maximum Gasteiger partial charge on any atom is 0.0208 e. The van der Waals surface area contributed by atoms with Crippen LogP contribution in [0.25, 0.3) is 0 Å². The van der Waals surface area contributed by atoms with Crippen LogP contribution >= 0.6 is 0 Å². The largest absolute Gasteiger partial charge is 0.312 e. The van der Waals surface area contributed by atoms with Crippen molar-refractivity contribution in [3.63, 3.8) is 0 Å². The minimum Gasteiger partial charge on any atom is -0.312 e. The fourth-order valence-electron chi connectivity index (χ4n) is 2.92. The van der Waals surface area contributed by atoms with Gasteiger partial charge in [0.25, 0.3) is 0 Å². The topological polar surface area (TPSA) is 12.0 Å². The number of hydrogen-bond acceptors (Lipinski definition) is 1. The first-order valence-electron chi connectivity index (χ1n) is 6.94. The van der Waals surface area contributed by atoms with Crippen molar-refractivity contribution < 1.29 is 0 Å². The maximum atomic E-state index is 3.64. The molecule has 1 aromatic carbocycles. The molecule has 0 saturated heterocycles. The Morgan fingerprint density at radius 1 is 1.24 bits per heavy atom. The van der Waals surface area contributed by atoms with Crippen molar-refractivity contribution in [2.24, 2.45) is 11.8 Å². The van der Waals surface area contributed by atoms with E-state index >= 15 is 0 Å². The molecule has 2 rings (SSSR count). The van der Waals surface area contributed by atoms with Crippen molar-refractivity contribution in [3.05, 3.63) is 34.9 Å². The molecule has 0 aliphatic heterocycles. The van der Waals surface area contributed by atoms with Gasteiger partial charge in [-0.25, -0.2) is 0 Å². The molecule has 0 aromatic heterocycles.